The quantitative estimate of drug-likeness (QED) is 0.839. The molecule has 0 aromatic heterocycles. The lowest BCUT2D eigenvalue weighted by molar-refractivity contribution is 0.226. The molecule has 1 aromatic carbocycles. The molecule has 0 unspecified atom stereocenters. The number of benzene rings is 1. The molecule has 1 aliphatic rings. The van der Waals surface area contributed by atoms with Crippen molar-refractivity contribution < 1.29 is 14.6 Å². The van der Waals surface area contributed by atoms with E-state index < -0.39 is 0 Å². The van der Waals surface area contributed by atoms with Crippen molar-refractivity contribution in [1.29, 1.82) is 0 Å². The molecule has 20 heavy (non-hydrogen) atoms. The van der Waals surface area contributed by atoms with Crippen LogP contribution in [0.4, 0.5) is 0 Å². The monoisotopic (exact) mass is 280 g/mol. The summed E-state index contributed by atoms with van der Waals surface area (Å²) in [5.74, 6) is 1.50. The molecule has 2 N–H and O–H groups in total. The molecule has 1 saturated heterocycles. The van der Waals surface area contributed by atoms with Crippen LogP contribution in [0.3, 0.4) is 0 Å². The number of methoxy groups -OCH3 is 2. The zero-order chi connectivity index (χ0) is 14.5. The SMILES string of the molecule is COc1cc(OC)c(CO)c(CN2CCNCC2)c1C. The Bertz CT molecular complexity index is 457. The molecule has 5 nitrogen and oxygen atoms in total. The third-order valence-electron chi connectivity index (χ3n) is 3.94. The minimum absolute atomic E-state index is 0.0184. The van der Waals surface area contributed by atoms with Gasteiger partial charge in [-0.3, -0.25) is 4.90 Å². The van der Waals surface area contributed by atoms with Crippen LogP contribution in [-0.4, -0.2) is 50.4 Å². The maximum Gasteiger partial charge on any atom is 0.128 e. The predicted molar refractivity (Wildman–Crippen MR) is 78.4 cm³/mol. The van der Waals surface area contributed by atoms with E-state index in [1.54, 1.807) is 14.2 Å². The predicted octanol–water partition coefficient (Wildman–Crippen LogP) is 0.910. The first-order valence-corrected chi connectivity index (χ1v) is 6.98. The smallest absolute Gasteiger partial charge is 0.128 e. The van der Waals surface area contributed by atoms with Crippen LogP contribution >= 0.6 is 0 Å². The Morgan fingerprint density at radius 3 is 2.35 bits per heavy atom. The van der Waals surface area contributed by atoms with E-state index in [-0.39, 0.29) is 6.61 Å². The first-order valence-electron chi connectivity index (χ1n) is 6.98. The molecule has 5 heteroatoms. The van der Waals surface area contributed by atoms with Gasteiger partial charge in [-0.15, -0.1) is 0 Å². The molecule has 0 atom stereocenters. The van der Waals surface area contributed by atoms with Crippen LogP contribution in [-0.2, 0) is 13.2 Å². The van der Waals surface area contributed by atoms with Gasteiger partial charge in [0, 0.05) is 44.4 Å². The molecule has 1 aromatic rings. The van der Waals surface area contributed by atoms with E-state index in [0.717, 1.165) is 55.2 Å². The Hall–Kier alpha value is -1.30. The molecule has 1 heterocycles. The van der Waals surface area contributed by atoms with Gasteiger partial charge in [0.25, 0.3) is 0 Å². The number of nitrogens with one attached hydrogen (secondary N) is 1. The average molecular weight is 280 g/mol. The topological polar surface area (TPSA) is 54.0 Å². The van der Waals surface area contributed by atoms with E-state index in [9.17, 15) is 5.11 Å². The molecule has 1 fully saturated rings. The fourth-order valence-electron chi connectivity index (χ4n) is 2.71. The van der Waals surface area contributed by atoms with Crippen LogP contribution in [0.1, 0.15) is 16.7 Å². The van der Waals surface area contributed by atoms with E-state index in [2.05, 4.69) is 10.2 Å². The second kappa shape index (κ2) is 6.92. The van der Waals surface area contributed by atoms with E-state index in [1.165, 1.54) is 0 Å². The van der Waals surface area contributed by atoms with Crippen LogP contribution in [0.25, 0.3) is 0 Å². The normalized spacial score (nSPS) is 16.2. The highest BCUT2D eigenvalue weighted by atomic mass is 16.5. The number of hydrogen-bond donors (Lipinski definition) is 2. The number of aliphatic hydroxyl groups is 1. The van der Waals surface area contributed by atoms with Crippen molar-refractivity contribution in [2.24, 2.45) is 0 Å². The summed E-state index contributed by atoms with van der Waals surface area (Å²) in [6.07, 6.45) is 0. The minimum atomic E-state index is -0.0184. The van der Waals surface area contributed by atoms with Crippen molar-refractivity contribution >= 4 is 0 Å². The molecule has 1 aliphatic heterocycles. The number of rotatable bonds is 5. The molecule has 0 spiro atoms. The lowest BCUT2D eigenvalue weighted by atomic mass is 9.99. The van der Waals surface area contributed by atoms with Gasteiger partial charge < -0.3 is 19.9 Å². The van der Waals surface area contributed by atoms with Gasteiger partial charge in [0.15, 0.2) is 0 Å². The summed E-state index contributed by atoms with van der Waals surface area (Å²) >= 11 is 0. The summed E-state index contributed by atoms with van der Waals surface area (Å²) in [6.45, 7) is 6.89. The summed E-state index contributed by atoms with van der Waals surface area (Å²) in [5.41, 5.74) is 3.06. The summed E-state index contributed by atoms with van der Waals surface area (Å²) in [7, 11) is 3.28. The Kier molecular flexibility index (Phi) is 5.23. The van der Waals surface area contributed by atoms with Crippen molar-refractivity contribution in [1.82, 2.24) is 10.2 Å². The van der Waals surface area contributed by atoms with Crippen LogP contribution in [0.2, 0.25) is 0 Å². The molecule has 0 radical (unpaired) electrons. The molecule has 112 valence electrons. The van der Waals surface area contributed by atoms with Crippen LogP contribution in [0, 0.1) is 6.92 Å². The molecular weight excluding hydrogens is 256 g/mol. The maximum absolute atomic E-state index is 9.70. The number of nitrogens with zero attached hydrogens (tertiary/aromatic N) is 1. The van der Waals surface area contributed by atoms with Crippen molar-refractivity contribution in [3.63, 3.8) is 0 Å². The van der Waals surface area contributed by atoms with Gasteiger partial charge in [0.2, 0.25) is 0 Å². The Labute approximate surface area is 120 Å². The van der Waals surface area contributed by atoms with E-state index in [4.69, 9.17) is 9.47 Å². The first kappa shape index (κ1) is 15.1. The molecule has 0 saturated carbocycles. The van der Waals surface area contributed by atoms with Gasteiger partial charge in [0.1, 0.15) is 11.5 Å². The molecule has 2 rings (SSSR count). The van der Waals surface area contributed by atoms with Gasteiger partial charge in [-0.1, -0.05) is 0 Å². The molecule has 0 amide bonds. The minimum Gasteiger partial charge on any atom is -0.496 e. The fraction of sp³-hybridized carbons (Fsp3) is 0.600. The van der Waals surface area contributed by atoms with Gasteiger partial charge in [0.05, 0.1) is 20.8 Å². The number of piperazine rings is 1. The van der Waals surface area contributed by atoms with Crippen LogP contribution in [0.5, 0.6) is 11.5 Å². The standard InChI is InChI=1S/C15H24N2O3/c1-11-12(9-17-6-4-16-5-7-17)13(10-18)15(20-3)8-14(11)19-2/h8,16,18H,4-7,9-10H2,1-3H3. The van der Waals surface area contributed by atoms with Crippen molar-refractivity contribution in [2.75, 3.05) is 40.4 Å². The molecular formula is C15H24N2O3. The van der Waals surface area contributed by atoms with Gasteiger partial charge >= 0.3 is 0 Å². The average Bonchev–Trinajstić information content (AvgIpc) is 2.50. The highest BCUT2D eigenvalue weighted by Crippen LogP contribution is 2.34. The molecule has 0 bridgehead atoms. The summed E-state index contributed by atoms with van der Waals surface area (Å²) < 4.78 is 10.8. The third-order valence-corrected chi connectivity index (χ3v) is 3.94. The van der Waals surface area contributed by atoms with Crippen LogP contribution < -0.4 is 14.8 Å². The lowest BCUT2D eigenvalue weighted by Crippen LogP contribution is -2.43. The summed E-state index contributed by atoms with van der Waals surface area (Å²) in [5, 5.41) is 13.0. The van der Waals surface area contributed by atoms with Gasteiger partial charge in [-0.05, 0) is 18.1 Å². The number of aliphatic hydroxyl groups excluding tert-OH is 1. The lowest BCUT2D eigenvalue weighted by Gasteiger charge is -2.29. The second-order valence-electron chi connectivity index (χ2n) is 5.05. The largest absolute Gasteiger partial charge is 0.496 e. The summed E-state index contributed by atoms with van der Waals surface area (Å²) in [6, 6.07) is 1.85. The highest BCUT2D eigenvalue weighted by molar-refractivity contribution is 5.52. The van der Waals surface area contributed by atoms with Crippen molar-refractivity contribution in [3.05, 3.63) is 22.8 Å². The number of ether oxygens (including phenoxy) is 2. The Balaban J connectivity index is 2.36. The van der Waals surface area contributed by atoms with Crippen molar-refractivity contribution in [2.45, 2.75) is 20.1 Å². The Morgan fingerprint density at radius 1 is 1.15 bits per heavy atom. The zero-order valence-corrected chi connectivity index (χ0v) is 12.5. The fourth-order valence-corrected chi connectivity index (χ4v) is 2.71. The van der Waals surface area contributed by atoms with Gasteiger partial charge in [-0.25, -0.2) is 0 Å². The second-order valence-corrected chi connectivity index (χ2v) is 5.05. The third kappa shape index (κ3) is 3.06. The van der Waals surface area contributed by atoms with E-state index in [1.807, 2.05) is 13.0 Å². The first-order chi connectivity index (χ1) is 9.71. The highest BCUT2D eigenvalue weighted by Gasteiger charge is 2.19. The zero-order valence-electron chi connectivity index (χ0n) is 12.5. The van der Waals surface area contributed by atoms with E-state index >= 15 is 0 Å². The van der Waals surface area contributed by atoms with Crippen LogP contribution in [0.15, 0.2) is 6.07 Å². The molecule has 0 aliphatic carbocycles. The van der Waals surface area contributed by atoms with Gasteiger partial charge in [-0.2, -0.15) is 0 Å². The van der Waals surface area contributed by atoms with E-state index in [0.29, 0.717) is 5.75 Å². The number of hydrogen-bond acceptors (Lipinski definition) is 5. The summed E-state index contributed by atoms with van der Waals surface area (Å²) in [4.78, 5) is 2.39. The maximum atomic E-state index is 9.70. The van der Waals surface area contributed by atoms with Crippen molar-refractivity contribution in [3.8, 4) is 11.5 Å². The Morgan fingerprint density at radius 2 is 1.80 bits per heavy atom.